The van der Waals surface area contributed by atoms with Gasteiger partial charge >= 0.3 is 0 Å². The maximum Gasteiger partial charge on any atom is 0.158 e. The van der Waals surface area contributed by atoms with E-state index in [1.54, 1.807) is 0 Å². The van der Waals surface area contributed by atoms with Crippen molar-refractivity contribution in [3.8, 4) is 0 Å². The molecule has 0 N–H and O–H groups in total. The Balaban J connectivity index is 2.32. The minimum Gasteiger partial charge on any atom is -0.352 e. The Labute approximate surface area is 93.0 Å². The molecule has 15 heavy (non-hydrogen) atoms. The van der Waals surface area contributed by atoms with Crippen LogP contribution in [0.5, 0.6) is 0 Å². The van der Waals surface area contributed by atoms with Crippen LogP contribution in [0, 0.1) is 5.92 Å². The van der Waals surface area contributed by atoms with E-state index >= 15 is 0 Å². The van der Waals surface area contributed by atoms with Crippen LogP contribution in [0.25, 0.3) is 0 Å². The molecule has 0 aromatic heterocycles. The fourth-order valence-corrected chi connectivity index (χ4v) is 1.77. The third-order valence-electron chi connectivity index (χ3n) is 2.78. The highest BCUT2D eigenvalue weighted by molar-refractivity contribution is 4.96. The van der Waals surface area contributed by atoms with Crippen LogP contribution >= 0.6 is 0 Å². The summed E-state index contributed by atoms with van der Waals surface area (Å²) in [7, 11) is 0. The van der Waals surface area contributed by atoms with Gasteiger partial charge in [0.05, 0.1) is 12.7 Å². The minimum atomic E-state index is -0.0456. The van der Waals surface area contributed by atoms with E-state index in [4.69, 9.17) is 9.47 Å². The third-order valence-corrected chi connectivity index (χ3v) is 2.78. The minimum absolute atomic E-state index is 0.0456. The summed E-state index contributed by atoms with van der Waals surface area (Å²) in [4.78, 5) is 0. The predicted molar refractivity (Wildman–Crippen MR) is 62.6 cm³/mol. The van der Waals surface area contributed by atoms with E-state index in [1.165, 1.54) is 19.3 Å². The van der Waals surface area contributed by atoms with Crippen molar-refractivity contribution in [2.24, 2.45) is 5.92 Å². The summed E-state index contributed by atoms with van der Waals surface area (Å²) in [5.41, 5.74) is 0. The average Bonchev–Trinajstić information content (AvgIpc) is 2.29. The molecular formula is C13H22O2. The van der Waals surface area contributed by atoms with Crippen molar-refractivity contribution in [1.29, 1.82) is 0 Å². The van der Waals surface area contributed by atoms with Crippen LogP contribution in [0.2, 0.25) is 0 Å². The lowest BCUT2D eigenvalue weighted by molar-refractivity contribution is -0.218. The molecular weight excluding hydrogens is 188 g/mol. The zero-order valence-corrected chi connectivity index (χ0v) is 9.65. The lowest BCUT2D eigenvalue weighted by Gasteiger charge is -2.33. The molecule has 1 saturated heterocycles. The summed E-state index contributed by atoms with van der Waals surface area (Å²) >= 11 is 0. The summed E-state index contributed by atoms with van der Waals surface area (Å²) in [6.45, 7) is 10.5. The van der Waals surface area contributed by atoms with Gasteiger partial charge in [-0.3, -0.25) is 0 Å². The van der Waals surface area contributed by atoms with Crippen LogP contribution in [0.4, 0.5) is 0 Å². The fourth-order valence-electron chi connectivity index (χ4n) is 1.77. The second kappa shape index (κ2) is 6.81. The largest absolute Gasteiger partial charge is 0.352 e. The quantitative estimate of drug-likeness (QED) is 0.494. The predicted octanol–water partition coefficient (Wildman–Crippen LogP) is 3.30. The maximum atomic E-state index is 5.77. The Morgan fingerprint density at radius 3 is 2.67 bits per heavy atom. The molecule has 3 unspecified atom stereocenters. The number of ether oxygens (including phenoxy) is 2. The van der Waals surface area contributed by atoms with Crippen LogP contribution in [0.1, 0.15) is 32.6 Å². The topological polar surface area (TPSA) is 18.5 Å². The van der Waals surface area contributed by atoms with Crippen LogP contribution in [-0.4, -0.2) is 19.0 Å². The molecule has 0 bridgehead atoms. The Hall–Kier alpha value is -0.600. The van der Waals surface area contributed by atoms with Gasteiger partial charge in [-0.25, -0.2) is 0 Å². The molecule has 1 heterocycles. The second-order valence-electron chi connectivity index (χ2n) is 3.99. The lowest BCUT2D eigenvalue weighted by atomic mass is 10.0. The molecule has 0 saturated carbocycles. The van der Waals surface area contributed by atoms with Crippen molar-refractivity contribution in [1.82, 2.24) is 0 Å². The smallest absolute Gasteiger partial charge is 0.158 e. The molecule has 0 spiro atoms. The van der Waals surface area contributed by atoms with Crippen LogP contribution in [0.3, 0.4) is 0 Å². The maximum absolute atomic E-state index is 5.77. The van der Waals surface area contributed by atoms with E-state index in [-0.39, 0.29) is 18.3 Å². The van der Waals surface area contributed by atoms with Gasteiger partial charge in [-0.1, -0.05) is 31.9 Å². The summed E-state index contributed by atoms with van der Waals surface area (Å²) in [6.07, 6.45) is 8.39. The summed E-state index contributed by atoms with van der Waals surface area (Å²) in [5.74, 6) is 0.255. The van der Waals surface area contributed by atoms with Gasteiger partial charge in [0.2, 0.25) is 0 Å². The lowest BCUT2D eigenvalue weighted by Crippen LogP contribution is -2.37. The van der Waals surface area contributed by atoms with Crippen LogP contribution in [0.15, 0.2) is 25.3 Å². The molecule has 1 aliphatic rings. The summed E-state index contributed by atoms with van der Waals surface area (Å²) in [5, 5.41) is 0. The van der Waals surface area contributed by atoms with Gasteiger partial charge in [0.1, 0.15) is 0 Å². The molecule has 0 aliphatic carbocycles. The van der Waals surface area contributed by atoms with Gasteiger partial charge in [0, 0.05) is 5.92 Å². The SMILES string of the molecule is C=CC1COC(CCCCC)OC1C=C. The van der Waals surface area contributed by atoms with E-state index in [9.17, 15) is 0 Å². The van der Waals surface area contributed by atoms with E-state index in [0.29, 0.717) is 6.61 Å². The first kappa shape index (κ1) is 12.5. The number of unbranched alkanes of at least 4 members (excludes halogenated alkanes) is 2. The van der Waals surface area contributed by atoms with E-state index in [0.717, 1.165) is 6.42 Å². The van der Waals surface area contributed by atoms with Crippen molar-refractivity contribution in [3.63, 3.8) is 0 Å². The normalized spacial score (nSPS) is 31.1. The molecule has 1 fully saturated rings. The number of rotatable bonds is 6. The highest BCUT2D eigenvalue weighted by Crippen LogP contribution is 2.23. The van der Waals surface area contributed by atoms with Crippen molar-refractivity contribution < 1.29 is 9.47 Å². The highest BCUT2D eigenvalue weighted by atomic mass is 16.7. The van der Waals surface area contributed by atoms with Gasteiger partial charge in [0.25, 0.3) is 0 Å². The van der Waals surface area contributed by atoms with Crippen LogP contribution < -0.4 is 0 Å². The zero-order chi connectivity index (χ0) is 11.1. The summed E-state index contributed by atoms with van der Waals surface area (Å²) in [6, 6.07) is 0. The first-order valence-electron chi connectivity index (χ1n) is 5.84. The van der Waals surface area contributed by atoms with Crippen molar-refractivity contribution in [2.45, 2.75) is 45.0 Å². The van der Waals surface area contributed by atoms with E-state index in [1.807, 2.05) is 12.2 Å². The molecule has 2 heteroatoms. The van der Waals surface area contributed by atoms with Crippen molar-refractivity contribution >= 4 is 0 Å². The first-order chi connectivity index (χ1) is 7.31. The Kier molecular flexibility index (Phi) is 5.66. The molecule has 2 nitrogen and oxygen atoms in total. The van der Waals surface area contributed by atoms with Gasteiger partial charge in [-0.05, 0) is 12.8 Å². The molecule has 0 aromatic rings. The standard InChI is InChI=1S/C13H22O2/c1-4-7-8-9-13-14-10-11(5-2)12(6-3)15-13/h5-6,11-13H,2-4,7-10H2,1H3. The molecule has 0 aromatic carbocycles. The average molecular weight is 210 g/mol. The van der Waals surface area contributed by atoms with Crippen LogP contribution in [-0.2, 0) is 9.47 Å². The Bertz CT molecular complexity index is 201. The molecule has 0 radical (unpaired) electrons. The number of hydrogen-bond donors (Lipinski definition) is 0. The monoisotopic (exact) mass is 210 g/mol. The van der Waals surface area contributed by atoms with Crippen molar-refractivity contribution in [2.75, 3.05) is 6.61 Å². The highest BCUT2D eigenvalue weighted by Gasteiger charge is 2.27. The van der Waals surface area contributed by atoms with E-state index < -0.39 is 0 Å². The van der Waals surface area contributed by atoms with Gasteiger partial charge in [-0.2, -0.15) is 0 Å². The number of hydrogen-bond acceptors (Lipinski definition) is 2. The first-order valence-corrected chi connectivity index (χ1v) is 5.84. The fraction of sp³-hybridized carbons (Fsp3) is 0.692. The Morgan fingerprint density at radius 2 is 2.07 bits per heavy atom. The molecule has 86 valence electrons. The Morgan fingerprint density at radius 1 is 1.27 bits per heavy atom. The molecule has 1 aliphatic heterocycles. The van der Waals surface area contributed by atoms with Gasteiger partial charge in [-0.15, -0.1) is 13.2 Å². The molecule has 1 rings (SSSR count). The van der Waals surface area contributed by atoms with Crippen molar-refractivity contribution in [3.05, 3.63) is 25.3 Å². The van der Waals surface area contributed by atoms with E-state index in [2.05, 4.69) is 20.1 Å². The molecule has 0 amide bonds. The van der Waals surface area contributed by atoms with Gasteiger partial charge < -0.3 is 9.47 Å². The van der Waals surface area contributed by atoms with Gasteiger partial charge in [0.15, 0.2) is 6.29 Å². The third kappa shape index (κ3) is 3.80. The summed E-state index contributed by atoms with van der Waals surface area (Å²) < 4.78 is 11.4. The molecule has 3 atom stereocenters. The zero-order valence-electron chi connectivity index (χ0n) is 9.65. The second-order valence-corrected chi connectivity index (χ2v) is 3.99.